The highest BCUT2D eigenvalue weighted by Crippen LogP contribution is 2.27. The second-order valence-corrected chi connectivity index (χ2v) is 7.09. The molecule has 2 aromatic carbocycles. The van der Waals surface area contributed by atoms with Crippen molar-refractivity contribution < 1.29 is 4.79 Å². The molecule has 2 heterocycles. The first kappa shape index (κ1) is 17.1. The standard InChI is InChI=1S/C19H16Cl2N4O/c20-12-8-13(21)10-14(9-12)23-19(26)17-6-3-7-25(17)18-11-22-15-4-1-2-5-16(15)24-18/h1-2,4-5,8-11,17H,3,6-7H2,(H,23,26)/t17-/m1/s1. The molecule has 0 saturated carbocycles. The van der Waals surface area contributed by atoms with Gasteiger partial charge in [-0.2, -0.15) is 0 Å². The van der Waals surface area contributed by atoms with Crippen LogP contribution in [0, 0.1) is 0 Å². The smallest absolute Gasteiger partial charge is 0.247 e. The number of benzene rings is 2. The maximum absolute atomic E-state index is 12.8. The zero-order valence-corrected chi connectivity index (χ0v) is 15.3. The van der Waals surface area contributed by atoms with Crippen molar-refractivity contribution in [2.75, 3.05) is 16.8 Å². The Balaban J connectivity index is 1.57. The summed E-state index contributed by atoms with van der Waals surface area (Å²) in [6.07, 6.45) is 3.40. The minimum atomic E-state index is -0.303. The van der Waals surface area contributed by atoms with Gasteiger partial charge in [0.25, 0.3) is 0 Å². The zero-order chi connectivity index (χ0) is 18.1. The van der Waals surface area contributed by atoms with Crippen LogP contribution in [0.4, 0.5) is 11.5 Å². The van der Waals surface area contributed by atoms with Gasteiger partial charge in [-0.05, 0) is 43.2 Å². The Morgan fingerprint density at radius 2 is 1.85 bits per heavy atom. The number of carbonyl (C=O) groups is 1. The summed E-state index contributed by atoms with van der Waals surface area (Å²) in [6.45, 7) is 0.765. The predicted octanol–water partition coefficient (Wildman–Crippen LogP) is 4.54. The van der Waals surface area contributed by atoms with Crippen molar-refractivity contribution in [1.82, 2.24) is 9.97 Å². The molecule has 7 heteroatoms. The molecular formula is C19H16Cl2N4O. The van der Waals surface area contributed by atoms with Crippen LogP contribution in [0.3, 0.4) is 0 Å². The SMILES string of the molecule is O=C(Nc1cc(Cl)cc(Cl)c1)[C@H]1CCCN1c1cnc2ccccc2n1. The molecule has 1 aliphatic heterocycles. The van der Waals surface area contributed by atoms with Gasteiger partial charge in [-0.25, -0.2) is 4.98 Å². The number of amides is 1. The van der Waals surface area contributed by atoms with Crippen LogP contribution in [-0.2, 0) is 4.79 Å². The number of fused-ring (bicyclic) bond motifs is 1. The van der Waals surface area contributed by atoms with E-state index in [1.54, 1.807) is 24.4 Å². The molecule has 0 bridgehead atoms. The molecule has 1 saturated heterocycles. The Hall–Kier alpha value is -2.37. The number of halogens is 2. The Kier molecular flexibility index (Phi) is 4.66. The molecule has 1 amide bonds. The van der Waals surface area contributed by atoms with Gasteiger partial charge in [-0.3, -0.25) is 9.78 Å². The average molecular weight is 387 g/mol. The Labute approximate surface area is 161 Å². The van der Waals surface area contributed by atoms with E-state index in [9.17, 15) is 4.79 Å². The first-order valence-electron chi connectivity index (χ1n) is 8.35. The third-order valence-corrected chi connectivity index (χ3v) is 4.85. The van der Waals surface area contributed by atoms with Crippen molar-refractivity contribution in [3.63, 3.8) is 0 Å². The van der Waals surface area contributed by atoms with Crippen LogP contribution in [0.5, 0.6) is 0 Å². The van der Waals surface area contributed by atoms with Crippen molar-refractivity contribution in [2.24, 2.45) is 0 Å². The van der Waals surface area contributed by atoms with Crippen LogP contribution in [-0.4, -0.2) is 28.5 Å². The van der Waals surface area contributed by atoms with Crippen molar-refractivity contribution in [3.05, 3.63) is 58.7 Å². The molecule has 1 aromatic heterocycles. The monoisotopic (exact) mass is 386 g/mol. The highest BCUT2D eigenvalue weighted by Gasteiger charge is 2.32. The fourth-order valence-corrected chi connectivity index (χ4v) is 3.78. The number of anilines is 2. The summed E-state index contributed by atoms with van der Waals surface area (Å²) in [4.78, 5) is 23.9. The Morgan fingerprint density at radius 1 is 1.12 bits per heavy atom. The van der Waals surface area contributed by atoms with Crippen LogP contribution in [0.15, 0.2) is 48.7 Å². The molecule has 26 heavy (non-hydrogen) atoms. The van der Waals surface area contributed by atoms with Gasteiger partial charge in [0, 0.05) is 22.3 Å². The normalized spacial score (nSPS) is 16.8. The van der Waals surface area contributed by atoms with E-state index in [-0.39, 0.29) is 11.9 Å². The van der Waals surface area contributed by atoms with E-state index in [0.717, 1.165) is 30.4 Å². The lowest BCUT2D eigenvalue weighted by molar-refractivity contribution is -0.117. The summed E-state index contributed by atoms with van der Waals surface area (Å²) in [7, 11) is 0. The third-order valence-electron chi connectivity index (χ3n) is 4.42. The van der Waals surface area contributed by atoms with Gasteiger partial charge in [0.15, 0.2) is 0 Å². The molecule has 0 spiro atoms. The molecule has 1 aliphatic rings. The van der Waals surface area contributed by atoms with Crippen molar-refractivity contribution in [2.45, 2.75) is 18.9 Å². The summed E-state index contributed by atoms with van der Waals surface area (Å²) >= 11 is 12.0. The van der Waals surface area contributed by atoms with Crippen LogP contribution < -0.4 is 10.2 Å². The number of nitrogens with zero attached hydrogens (tertiary/aromatic N) is 3. The quantitative estimate of drug-likeness (QED) is 0.717. The lowest BCUT2D eigenvalue weighted by atomic mass is 10.2. The van der Waals surface area contributed by atoms with Gasteiger partial charge >= 0.3 is 0 Å². The minimum absolute atomic E-state index is 0.101. The van der Waals surface area contributed by atoms with E-state index in [0.29, 0.717) is 21.6 Å². The van der Waals surface area contributed by atoms with Crippen molar-refractivity contribution in [1.29, 1.82) is 0 Å². The van der Waals surface area contributed by atoms with Crippen LogP contribution in [0.1, 0.15) is 12.8 Å². The second-order valence-electron chi connectivity index (χ2n) is 6.22. The third kappa shape index (κ3) is 3.45. The molecule has 0 radical (unpaired) electrons. The topological polar surface area (TPSA) is 58.1 Å². The molecule has 1 N–H and O–H groups in total. The van der Waals surface area contributed by atoms with E-state index in [1.165, 1.54) is 0 Å². The lowest BCUT2D eigenvalue weighted by Gasteiger charge is -2.24. The maximum Gasteiger partial charge on any atom is 0.247 e. The maximum atomic E-state index is 12.8. The highest BCUT2D eigenvalue weighted by atomic mass is 35.5. The van der Waals surface area contributed by atoms with Gasteiger partial charge in [0.05, 0.1) is 17.2 Å². The summed E-state index contributed by atoms with van der Waals surface area (Å²) in [6, 6.07) is 12.4. The number of para-hydroxylation sites is 2. The Morgan fingerprint density at radius 3 is 2.62 bits per heavy atom. The number of nitrogens with one attached hydrogen (secondary N) is 1. The molecule has 5 nitrogen and oxygen atoms in total. The first-order chi connectivity index (χ1) is 12.6. The largest absolute Gasteiger partial charge is 0.343 e. The number of carbonyl (C=O) groups excluding carboxylic acids is 1. The fourth-order valence-electron chi connectivity index (χ4n) is 3.25. The van der Waals surface area contributed by atoms with Gasteiger partial charge in [0.1, 0.15) is 11.9 Å². The predicted molar refractivity (Wildman–Crippen MR) is 105 cm³/mol. The van der Waals surface area contributed by atoms with E-state index >= 15 is 0 Å². The van der Waals surface area contributed by atoms with Crippen LogP contribution >= 0.6 is 23.2 Å². The molecule has 1 atom stereocenters. The van der Waals surface area contributed by atoms with E-state index in [4.69, 9.17) is 23.2 Å². The van der Waals surface area contributed by atoms with Gasteiger partial charge in [-0.1, -0.05) is 35.3 Å². The number of aromatic nitrogens is 2. The number of rotatable bonds is 3. The Bertz CT molecular complexity index is 958. The summed E-state index contributed by atoms with van der Waals surface area (Å²) in [5.41, 5.74) is 2.24. The summed E-state index contributed by atoms with van der Waals surface area (Å²) in [5.74, 6) is 0.612. The van der Waals surface area contributed by atoms with E-state index < -0.39 is 0 Å². The zero-order valence-electron chi connectivity index (χ0n) is 13.8. The second kappa shape index (κ2) is 7.09. The van der Waals surface area contributed by atoms with Gasteiger partial charge in [-0.15, -0.1) is 0 Å². The fraction of sp³-hybridized carbons (Fsp3) is 0.211. The average Bonchev–Trinajstić information content (AvgIpc) is 3.10. The van der Waals surface area contributed by atoms with Crippen LogP contribution in [0.25, 0.3) is 11.0 Å². The van der Waals surface area contributed by atoms with Crippen LogP contribution in [0.2, 0.25) is 10.0 Å². The molecule has 1 fully saturated rings. The minimum Gasteiger partial charge on any atom is -0.343 e. The number of hydrogen-bond donors (Lipinski definition) is 1. The first-order valence-corrected chi connectivity index (χ1v) is 9.11. The summed E-state index contributed by atoms with van der Waals surface area (Å²) < 4.78 is 0. The van der Waals surface area contributed by atoms with Crippen molar-refractivity contribution in [3.8, 4) is 0 Å². The van der Waals surface area contributed by atoms with Gasteiger partial charge in [0.2, 0.25) is 5.91 Å². The molecule has 0 aliphatic carbocycles. The van der Waals surface area contributed by atoms with E-state index in [1.807, 2.05) is 29.2 Å². The molecular weight excluding hydrogens is 371 g/mol. The lowest BCUT2D eigenvalue weighted by Crippen LogP contribution is -2.40. The molecule has 0 unspecified atom stereocenters. The summed E-state index contributed by atoms with van der Waals surface area (Å²) in [5, 5.41) is 3.87. The molecule has 3 aromatic rings. The molecule has 4 rings (SSSR count). The number of hydrogen-bond acceptors (Lipinski definition) is 4. The van der Waals surface area contributed by atoms with Gasteiger partial charge < -0.3 is 10.2 Å². The van der Waals surface area contributed by atoms with Crippen molar-refractivity contribution >= 4 is 51.6 Å². The molecule has 132 valence electrons. The van der Waals surface area contributed by atoms with E-state index in [2.05, 4.69) is 15.3 Å². The highest BCUT2D eigenvalue weighted by molar-refractivity contribution is 6.35.